The first kappa shape index (κ1) is 27.6. The first-order chi connectivity index (χ1) is 19.7. The summed E-state index contributed by atoms with van der Waals surface area (Å²) in [5.41, 5.74) is 8.39. The summed E-state index contributed by atoms with van der Waals surface area (Å²) in [4.78, 5) is 16.2. The van der Waals surface area contributed by atoms with Gasteiger partial charge in [0, 0.05) is 41.8 Å². The standard InChI is InChI=1S/C37H36N2S2/c1-7-37(5,6)31-23-21-29(41-31)27-19-18-26(28-20-22-30(40-28)36(2,3)4)34-35(27)39-33(25-16-12-9-13-17-25)32(38-34)24-14-10-8-11-15-24/h8-23H,7H2,1-6H3. The van der Waals surface area contributed by atoms with Crippen LogP contribution in [0.1, 0.15) is 57.7 Å². The zero-order valence-corrected chi connectivity index (χ0v) is 26.3. The maximum atomic E-state index is 5.48. The fraction of sp³-hybridized carbons (Fsp3) is 0.243. The Bertz CT molecular complexity index is 1820. The Morgan fingerprint density at radius 1 is 0.537 bits per heavy atom. The van der Waals surface area contributed by atoms with Crippen LogP contribution >= 0.6 is 22.7 Å². The second-order valence-electron chi connectivity index (χ2n) is 12.3. The van der Waals surface area contributed by atoms with Crippen molar-refractivity contribution in [3.8, 4) is 43.4 Å². The number of hydrogen-bond acceptors (Lipinski definition) is 4. The summed E-state index contributed by atoms with van der Waals surface area (Å²) in [5.74, 6) is 0. The molecule has 0 spiro atoms. The minimum absolute atomic E-state index is 0.0967. The van der Waals surface area contributed by atoms with E-state index in [2.05, 4.69) is 139 Å². The fourth-order valence-corrected chi connectivity index (χ4v) is 7.33. The molecular weight excluding hydrogens is 537 g/mol. The molecule has 0 bridgehead atoms. The van der Waals surface area contributed by atoms with Crippen molar-refractivity contribution < 1.29 is 0 Å². The number of rotatable bonds is 6. The number of hydrogen-bond donors (Lipinski definition) is 0. The monoisotopic (exact) mass is 572 g/mol. The van der Waals surface area contributed by atoms with Crippen molar-refractivity contribution in [1.29, 1.82) is 0 Å². The minimum Gasteiger partial charge on any atom is -0.243 e. The molecule has 6 aromatic rings. The van der Waals surface area contributed by atoms with Crippen molar-refractivity contribution in [2.75, 3.05) is 0 Å². The van der Waals surface area contributed by atoms with Gasteiger partial charge in [0.1, 0.15) is 0 Å². The molecule has 3 aromatic heterocycles. The zero-order valence-electron chi connectivity index (χ0n) is 24.7. The number of thiophene rings is 2. The van der Waals surface area contributed by atoms with E-state index in [0.717, 1.165) is 51.1 Å². The molecule has 4 heteroatoms. The van der Waals surface area contributed by atoms with E-state index in [-0.39, 0.29) is 10.8 Å². The summed E-state index contributed by atoms with van der Waals surface area (Å²) in [7, 11) is 0. The van der Waals surface area contributed by atoms with Crippen LogP contribution in [0, 0.1) is 0 Å². The molecule has 41 heavy (non-hydrogen) atoms. The lowest BCUT2D eigenvalue weighted by Crippen LogP contribution is -2.12. The van der Waals surface area contributed by atoms with Gasteiger partial charge in [0.05, 0.1) is 22.4 Å². The number of fused-ring (bicyclic) bond motifs is 1. The Balaban J connectivity index is 1.67. The fourth-order valence-electron chi connectivity index (χ4n) is 5.03. The quantitative estimate of drug-likeness (QED) is 0.198. The molecule has 0 fully saturated rings. The Morgan fingerprint density at radius 2 is 0.976 bits per heavy atom. The highest BCUT2D eigenvalue weighted by Gasteiger charge is 2.24. The third-order valence-electron chi connectivity index (χ3n) is 7.95. The number of aromatic nitrogens is 2. The molecule has 0 amide bonds. The lowest BCUT2D eigenvalue weighted by Gasteiger charge is -2.20. The second-order valence-corrected chi connectivity index (χ2v) is 14.5. The van der Waals surface area contributed by atoms with Crippen molar-refractivity contribution in [3.05, 3.63) is 107 Å². The van der Waals surface area contributed by atoms with Gasteiger partial charge in [-0.2, -0.15) is 0 Å². The van der Waals surface area contributed by atoms with Crippen LogP contribution in [-0.4, -0.2) is 9.97 Å². The van der Waals surface area contributed by atoms with Gasteiger partial charge in [0.2, 0.25) is 0 Å². The predicted molar refractivity (Wildman–Crippen MR) is 179 cm³/mol. The zero-order chi connectivity index (χ0) is 28.8. The van der Waals surface area contributed by atoms with E-state index < -0.39 is 0 Å². The summed E-state index contributed by atoms with van der Waals surface area (Å²) in [5, 5.41) is 0. The molecule has 0 aliphatic rings. The van der Waals surface area contributed by atoms with Crippen LogP contribution < -0.4 is 0 Å². The van der Waals surface area contributed by atoms with E-state index in [1.807, 2.05) is 22.7 Å². The van der Waals surface area contributed by atoms with E-state index in [1.54, 1.807) is 0 Å². The molecule has 0 saturated carbocycles. The van der Waals surface area contributed by atoms with Gasteiger partial charge >= 0.3 is 0 Å². The molecule has 0 atom stereocenters. The van der Waals surface area contributed by atoms with Crippen molar-refractivity contribution >= 4 is 33.7 Å². The molecular formula is C37H36N2S2. The van der Waals surface area contributed by atoms with Crippen LogP contribution in [0.5, 0.6) is 0 Å². The third kappa shape index (κ3) is 5.27. The van der Waals surface area contributed by atoms with Crippen molar-refractivity contribution in [1.82, 2.24) is 9.97 Å². The topological polar surface area (TPSA) is 25.8 Å². The van der Waals surface area contributed by atoms with Crippen LogP contribution in [0.25, 0.3) is 54.4 Å². The van der Waals surface area contributed by atoms with Crippen LogP contribution in [-0.2, 0) is 10.8 Å². The van der Waals surface area contributed by atoms with E-state index >= 15 is 0 Å². The Kier molecular flexibility index (Phi) is 7.17. The van der Waals surface area contributed by atoms with Gasteiger partial charge in [-0.05, 0) is 41.5 Å². The molecule has 6 rings (SSSR count). The van der Waals surface area contributed by atoms with Crippen molar-refractivity contribution in [2.45, 2.75) is 58.8 Å². The maximum absolute atomic E-state index is 5.48. The molecule has 0 aliphatic carbocycles. The predicted octanol–water partition coefficient (Wildman–Crippen LogP) is 11.4. The Morgan fingerprint density at radius 3 is 1.39 bits per heavy atom. The first-order valence-corrected chi connectivity index (χ1v) is 16.0. The van der Waals surface area contributed by atoms with Gasteiger partial charge in [-0.25, -0.2) is 9.97 Å². The second kappa shape index (κ2) is 10.7. The van der Waals surface area contributed by atoms with E-state index in [4.69, 9.17) is 9.97 Å². The van der Waals surface area contributed by atoms with E-state index in [0.29, 0.717) is 0 Å². The highest BCUT2D eigenvalue weighted by molar-refractivity contribution is 7.16. The third-order valence-corrected chi connectivity index (χ3v) is 11.0. The molecule has 2 nitrogen and oxygen atoms in total. The number of benzene rings is 3. The average molecular weight is 573 g/mol. The van der Waals surface area contributed by atoms with Crippen LogP contribution in [0.4, 0.5) is 0 Å². The average Bonchev–Trinajstić information content (AvgIpc) is 3.68. The largest absolute Gasteiger partial charge is 0.243 e. The number of nitrogens with zero attached hydrogens (tertiary/aromatic N) is 2. The molecule has 0 radical (unpaired) electrons. The molecule has 3 heterocycles. The summed E-state index contributed by atoms with van der Waals surface area (Å²) in [6, 6.07) is 34.5. The van der Waals surface area contributed by atoms with Crippen LogP contribution in [0.2, 0.25) is 0 Å². The van der Waals surface area contributed by atoms with E-state index in [1.165, 1.54) is 19.5 Å². The van der Waals surface area contributed by atoms with Crippen LogP contribution in [0.3, 0.4) is 0 Å². The van der Waals surface area contributed by atoms with Crippen molar-refractivity contribution in [3.63, 3.8) is 0 Å². The first-order valence-electron chi connectivity index (χ1n) is 14.3. The van der Waals surface area contributed by atoms with Crippen LogP contribution in [0.15, 0.2) is 97.1 Å². The van der Waals surface area contributed by atoms with Gasteiger partial charge in [-0.15, -0.1) is 22.7 Å². The molecule has 3 aromatic carbocycles. The highest BCUT2D eigenvalue weighted by Crippen LogP contribution is 2.44. The summed E-state index contributed by atoms with van der Waals surface area (Å²) < 4.78 is 0. The summed E-state index contributed by atoms with van der Waals surface area (Å²) >= 11 is 3.74. The molecule has 0 unspecified atom stereocenters. The normalized spacial score (nSPS) is 12.2. The maximum Gasteiger partial charge on any atom is 0.0988 e. The van der Waals surface area contributed by atoms with Gasteiger partial charge < -0.3 is 0 Å². The van der Waals surface area contributed by atoms with Gasteiger partial charge in [-0.3, -0.25) is 0 Å². The lowest BCUT2D eigenvalue weighted by molar-refractivity contribution is 0.517. The highest BCUT2D eigenvalue weighted by atomic mass is 32.1. The smallest absolute Gasteiger partial charge is 0.0988 e. The van der Waals surface area contributed by atoms with E-state index in [9.17, 15) is 0 Å². The molecule has 0 saturated heterocycles. The molecule has 206 valence electrons. The Hall–Kier alpha value is -3.60. The SMILES string of the molecule is CCC(C)(C)c1ccc(-c2ccc(-c3ccc(C(C)(C)C)s3)c3nc(-c4ccccc4)c(-c4ccccc4)nc23)s1. The molecule has 0 aliphatic heterocycles. The summed E-state index contributed by atoms with van der Waals surface area (Å²) in [6.07, 6.45) is 1.10. The van der Waals surface area contributed by atoms with Gasteiger partial charge in [0.25, 0.3) is 0 Å². The lowest BCUT2D eigenvalue weighted by atomic mass is 9.89. The summed E-state index contributed by atoms with van der Waals surface area (Å²) in [6.45, 7) is 13.7. The van der Waals surface area contributed by atoms with Crippen molar-refractivity contribution in [2.24, 2.45) is 0 Å². The van der Waals surface area contributed by atoms with Gasteiger partial charge in [-0.1, -0.05) is 114 Å². The minimum atomic E-state index is 0.0967. The Labute approximate surface area is 251 Å². The van der Waals surface area contributed by atoms with Gasteiger partial charge in [0.15, 0.2) is 0 Å². The molecule has 0 N–H and O–H groups in total.